The predicted molar refractivity (Wildman–Crippen MR) is 84.3 cm³/mol. The van der Waals surface area contributed by atoms with Crippen LogP contribution in [0.15, 0.2) is 66.9 Å². The molecule has 0 radical (unpaired) electrons. The lowest BCUT2D eigenvalue weighted by molar-refractivity contribution is 0.414. The molecular formula is C19H17NO. The van der Waals surface area contributed by atoms with Crippen LogP contribution in [0.25, 0.3) is 5.69 Å². The smallest absolute Gasteiger partial charge is 0.119 e. The van der Waals surface area contributed by atoms with Crippen molar-refractivity contribution in [2.75, 3.05) is 7.11 Å². The molecule has 0 amide bonds. The number of benzene rings is 2. The normalized spacial score (nSPS) is 19.1. The maximum absolute atomic E-state index is 5.43. The lowest BCUT2D eigenvalue weighted by Crippen LogP contribution is -2.22. The van der Waals surface area contributed by atoms with E-state index in [1.165, 1.54) is 22.5 Å². The molecule has 4 rings (SSSR count). The average Bonchev–Trinajstić information content (AvgIpc) is 3.11. The van der Waals surface area contributed by atoms with Gasteiger partial charge < -0.3 is 9.30 Å². The summed E-state index contributed by atoms with van der Waals surface area (Å²) >= 11 is 0. The Morgan fingerprint density at radius 1 is 0.952 bits per heavy atom. The lowest BCUT2D eigenvalue weighted by Gasteiger charge is -2.26. The van der Waals surface area contributed by atoms with E-state index in [2.05, 4.69) is 72.3 Å². The summed E-state index contributed by atoms with van der Waals surface area (Å²) in [6.07, 6.45) is 2.13. The Hall–Kier alpha value is -2.48. The van der Waals surface area contributed by atoms with Gasteiger partial charge in [0.15, 0.2) is 0 Å². The van der Waals surface area contributed by atoms with E-state index in [9.17, 15) is 0 Å². The van der Waals surface area contributed by atoms with E-state index in [-0.39, 0.29) is 5.41 Å². The van der Waals surface area contributed by atoms with Crippen LogP contribution in [0.4, 0.5) is 0 Å². The van der Waals surface area contributed by atoms with Gasteiger partial charge in [-0.3, -0.25) is 0 Å². The second-order valence-electron chi connectivity index (χ2n) is 5.64. The first-order chi connectivity index (χ1) is 10.2. The van der Waals surface area contributed by atoms with Gasteiger partial charge in [0.2, 0.25) is 0 Å². The quantitative estimate of drug-likeness (QED) is 0.685. The number of fused-ring (bicyclic) bond motifs is 3. The maximum Gasteiger partial charge on any atom is 0.119 e. The van der Waals surface area contributed by atoms with Crippen molar-refractivity contribution in [1.29, 1.82) is 0 Å². The number of rotatable bonds is 2. The molecule has 104 valence electrons. The third-order valence-corrected chi connectivity index (χ3v) is 4.61. The predicted octanol–water partition coefficient (Wildman–Crippen LogP) is 4.15. The Labute approximate surface area is 124 Å². The van der Waals surface area contributed by atoms with E-state index in [0.29, 0.717) is 0 Å². The summed E-state index contributed by atoms with van der Waals surface area (Å²) in [5.41, 5.74) is 4.99. The van der Waals surface area contributed by atoms with Crippen molar-refractivity contribution in [2.24, 2.45) is 0 Å². The van der Waals surface area contributed by atoms with Gasteiger partial charge in [-0.05, 0) is 48.4 Å². The topological polar surface area (TPSA) is 14.2 Å². The molecule has 0 saturated heterocycles. The minimum absolute atomic E-state index is 0.144. The SMILES string of the molecule is COc1ccc2c(c1)C(C)(c1ccccc1)c1cccn1-2. The van der Waals surface area contributed by atoms with Crippen molar-refractivity contribution in [3.8, 4) is 11.4 Å². The van der Waals surface area contributed by atoms with Gasteiger partial charge in [-0.25, -0.2) is 0 Å². The first-order valence-electron chi connectivity index (χ1n) is 7.17. The van der Waals surface area contributed by atoms with Gasteiger partial charge in [0, 0.05) is 17.6 Å². The standard InChI is InChI=1S/C19H17NO/c1-19(14-7-4-3-5-8-14)16-13-15(21-2)10-11-17(16)20-12-6-9-18(19)20/h3-13H,1-2H3. The lowest BCUT2D eigenvalue weighted by atomic mass is 9.75. The summed E-state index contributed by atoms with van der Waals surface area (Å²) in [5, 5.41) is 0. The zero-order chi connectivity index (χ0) is 14.4. The molecule has 21 heavy (non-hydrogen) atoms. The zero-order valence-corrected chi connectivity index (χ0v) is 12.2. The van der Waals surface area contributed by atoms with E-state index in [0.717, 1.165) is 5.75 Å². The number of ether oxygens (including phenoxy) is 1. The van der Waals surface area contributed by atoms with Crippen molar-refractivity contribution in [3.63, 3.8) is 0 Å². The van der Waals surface area contributed by atoms with Gasteiger partial charge in [-0.15, -0.1) is 0 Å². The minimum atomic E-state index is -0.144. The molecule has 2 heterocycles. The second-order valence-corrected chi connectivity index (χ2v) is 5.64. The molecule has 2 nitrogen and oxygen atoms in total. The number of aromatic nitrogens is 1. The van der Waals surface area contributed by atoms with Crippen LogP contribution in [-0.2, 0) is 5.41 Å². The van der Waals surface area contributed by atoms with Crippen molar-refractivity contribution in [3.05, 3.63) is 83.7 Å². The van der Waals surface area contributed by atoms with E-state index in [4.69, 9.17) is 4.74 Å². The van der Waals surface area contributed by atoms with Gasteiger partial charge in [0.05, 0.1) is 12.5 Å². The van der Waals surface area contributed by atoms with Gasteiger partial charge in [-0.2, -0.15) is 0 Å². The van der Waals surface area contributed by atoms with E-state index in [1.807, 2.05) is 6.07 Å². The molecule has 1 unspecified atom stereocenters. The molecule has 2 heteroatoms. The van der Waals surface area contributed by atoms with Crippen molar-refractivity contribution < 1.29 is 4.74 Å². The Bertz CT molecular complexity index is 803. The van der Waals surface area contributed by atoms with Crippen molar-refractivity contribution in [1.82, 2.24) is 4.57 Å². The molecule has 0 aliphatic carbocycles. The van der Waals surface area contributed by atoms with Crippen LogP contribution in [0.3, 0.4) is 0 Å². The second kappa shape index (κ2) is 4.26. The van der Waals surface area contributed by atoms with Gasteiger partial charge in [0.25, 0.3) is 0 Å². The summed E-state index contributed by atoms with van der Waals surface area (Å²) in [4.78, 5) is 0. The first kappa shape index (κ1) is 12.3. The number of hydrogen-bond acceptors (Lipinski definition) is 1. The Balaban J connectivity index is 2.05. The third kappa shape index (κ3) is 1.53. The van der Waals surface area contributed by atoms with Crippen LogP contribution < -0.4 is 4.74 Å². The van der Waals surface area contributed by atoms with Crippen LogP contribution in [0.5, 0.6) is 5.75 Å². The first-order valence-corrected chi connectivity index (χ1v) is 7.17. The molecule has 1 aliphatic heterocycles. The summed E-state index contributed by atoms with van der Waals surface area (Å²) in [6.45, 7) is 2.29. The van der Waals surface area contributed by atoms with Crippen molar-refractivity contribution >= 4 is 0 Å². The molecule has 1 atom stereocenters. The van der Waals surface area contributed by atoms with Gasteiger partial charge in [-0.1, -0.05) is 30.3 Å². The average molecular weight is 275 g/mol. The number of hydrogen-bond donors (Lipinski definition) is 0. The van der Waals surface area contributed by atoms with Gasteiger partial charge in [0.1, 0.15) is 5.75 Å². The molecular weight excluding hydrogens is 258 g/mol. The molecule has 3 aromatic rings. The number of nitrogens with zero attached hydrogens (tertiary/aromatic N) is 1. The largest absolute Gasteiger partial charge is 0.497 e. The molecule has 0 bridgehead atoms. The van der Waals surface area contributed by atoms with Gasteiger partial charge >= 0.3 is 0 Å². The molecule has 0 fully saturated rings. The minimum Gasteiger partial charge on any atom is -0.497 e. The zero-order valence-electron chi connectivity index (χ0n) is 12.2. The fraction of sp³-hybridized carbons (Fsp3) is 0.158. The van der Waals surface area contributed by atoms with Crippen LogP contribution in [0.2, 0.25) is 0 Å². The van der Waals surface area contributed by atoms with E-state index < -0.39 is 0 Å². The van der Waals surface area contributed by atoms with Crippen LogP contribution >= 0.6 is 0 Å². The molecule has 0 spiro atoms. The van der Waals surface area contributed by atoms with Crippen LogP contribution in [0, 0.1) is 0 Å². The third-order valence-electron chi connectivity index (χ3n) is 4.61. The molecule has 1 aliphatic rings. The summed E-state index contributed by atoms with van der Waals surface area (Å²) in [5.74, 6) is 0.904. The highest BCUT2D eigenvalue weighted by Crippen LogP contribution is 2.48. The van der Waals surface area contributed by atoms with Crippen molar-refractivity contribution in [2.45, 2.75) is 12.3 Å². The highest BCUT2D eigenvalue weighted by molar-refractivity contribution is 5.64. The summed E-state index contributed by atoms with van der Waals surface area (Å²) in [7, 11) is 1.72. The Morgan fingerprint density at radius 3 is 2.52 bits per heavy atom. The molecule has 2 aromatic carbocycles. The summed E-state index contributed by atoms with van der Waals surface area (Å²) in [6, 6.07) is 21.3. The fourth-order valence-corrected chi connectivity index (χ4v) is 3.46. The molecule has 1 aromatic heterocycles. The van der Waals surface area contributed by atoms with Crippen LogP contribution in [0.1, 0.15) is 23.7 Å². The Kier molecular flexibility index (Phi) is 2.49. The molecule has 0 N–H and O–H groups in total. The highest BCUT2D eigenvalue weighted by atomic mass is 16.5. The summed E-state index contributed by atoms with van der Waals surface area (Å²) < 4.78 is 7.71. The highest BCUT2D eigenvalue weighted by Gasteiger charge is 2.41. The van der Waals surface area contributed by atoms with Crippen LogP contribution in [-0.4, -0.2) is 11.7 Å². The number of methoxy groups -OCH3 is 1. The van der Waals surface area contributed by atoms with E-state index in [1.54, 1.807) is 7.11 Å². The molecule has 0 saturated carbocycles. The maximum atomic E-state index is 5.43. The monoisotopic (exact) mass is 275 g/mol. The van der Waals surface area contributed by atoms with E-state index >= 15 is 0 Å². The fourth-order valence-electron chi connectivity index (χ4n) is 3.46. The Morgan fingerprint density at radius 2 is 1.76 bits per heavy atom.